The van der Waals surface area contributed by atoms with Crippen molar-refractivity contribution in [1.82, 2.24) is 14.6 Å². The Morgan fingerprint density at radius 2 is 1.84 bits per heavy atom. The van der Waals surface area contributed by atoms with E-state index >= 15 is 0 Å². The normalized spacial score (nSPS) is 16.3. The number of ether oxygens (including phenoxy) is 1. The number of nitrogens with zero attached hydrogens (tertiary/aromatic N) is 2. The number of pyridine rings is 1. The lowest BCUT2D eigenvalue weighted by Crippen LogP contribution is -2.36. The number of nitrogens with one attached hydrogen (secondary N) is 1. The maximum absolute atomic E-state index is 14.0. The van der Waals surface area contributed by atoms with Crippen LogP contribution in [0.25, 0.3) is 22.4 Å². The summed E-state index contributed by atoms with van der Waals surface area (Å²) >= 11 is 0. The molecule has 0 unspecified atom stereocenters. The molecule has 0 spiro atoms. The quantitative estimate of drug-likeness (QED) is 0.387. The van der Waals surface area contributed by atoms with Crippen LogP contribution in [-0.4, -0.2) is 56.1 Å². The van der Waals surface area contributed by atoms with E-state index in [1.165, 1.54) is 12.1 Å². The fraction of sp³-hybridized carbons (Fsp3) is 0.379. The average Bonchev–Trinajstić information content (AvgIpc) is 3.25. The van der Waals surface area contributed by atoms with E-state index in [9.17, 15) is 18.5 Å². The van der Waals surface area contributed by atoms with Crippen LogP contribution in [0.3, 0.4) is 0 Å². The molecule has 0 fully saturated rings. The van der Waals surface area contributed by atoms with Crippen molar-refractivity contribution in [2.24, 2.45) is 0 Å². The topological polar surface area (TPSA) is 91.8 Å². The minimum absolute atomic E-state index is 0.0933. The number of carbonyl (C=O) groups is 1. The first-order chi connectivity index (χ1) is 18.1. The maximum Gasteiger partial charge on any atom is 0.269 e. The van der Waals surface area contributed by atoms with Gasteiger partial charge in [0.1, 0.15) is 22.5 Å². The molecule has 0 radical (unpaired) electrons. The highest BCUT2D eigenvalue weighted by Crippen LogP contribution is 2.44. The summed E-state index contributed by atoms with van der Waals surface area (Å²) < 4.78 is 33.9. The molecule has 0 saturated carbocycles. The van der Waals surface area contributed by atoms with Gasteiger partial charge in [-0.3, -0.25) is 4.79 Å². The fourth-order valence-electron chi connectivity index (χ4n) is 4.68. The van der Waals surface area contributed by atoms with Gasteiger partial charge in [-0.1, -0.05) is 30.3 Å². The van der Waals surface area contributed by atoms with Gasteiger partial charge in [-0.05, 0) is 68.1 Å². The molecule has 202 valence electrons. The number of halogens is 1. The second-order valence-corrected chi connectivity index (χ2v) is 12.4. The summed E-state index contributed by atoms with van der Waals surface area (Å²) in [6, 6.07) is 15.4. The number of aromatic nitrogens is 1. The summed E-state index contributed by atoms with van der Waals surface area (Å²) in [5.41, 5.74) is 4.81. The highest BCUT2D eigenvalue weighted by atomic mass is 32.2. The Hall–Kier alpha value is -2.98. The number of hydrogen-bond donors (Lipinski definition) is 2. The lowest BCUT2D eigenvalue weighted by atomic mass is 9.94. The fourth-order valence-corrected chi connectivity index (χ4v) is 6.08. The van der Waals surface area contributed by atoms with Gasteiger partial charge in [-0.15, -0.1) is 0 Å². The molecular formula is C29H34FN3O4S. The lowest BCUT2D eigenvalue weighted by molar-refractivity contribution is 0.0932. The van der Waals surface area contributed by atoms with Crippen molar-refractivity contribution in [1.29, 1.82) is 0 Å². The molecule has 0 aliphatic carbocycles. The standard InChI is InChI=1S/C29H34FN3O4S/c1-29(2,3)38(36)33-18-22-17-24(28(35)31-12-14-37-4)32-27(26(22)25(33)11-13-34)21-9-5-7-19(15-21)20-8-6-10-23(30)16-20/h5-10,15-17,25,34H,11-14,18H2,1-4H3,(H,31,35)/t25-,38-/m1/s1. The van der Waals surface area contributed by atoms with Crippen molar-refractivity contribution in [2.45, 2.75) is 44.5 Å². The molecule has 2 aromatic carbocycles. The monoisotopic (exact) mass is 539 g/mol. The smallest absolute Gasteiger partial charge is 0.269 e. The Morgan fingerprint density at radius 3 is 2.50 bits per heavy atom. The number of amides is 1. The van der Waals surface area contributed by atoms with E-state index in [1.54, 1.807) is 19.2 Å². The minimum Gasteiger partial charge on any atom is -0.396 e. The van der Waals surface area contributed by atoms with Crippen LogP contribution in [0.1, 0.15) is 54.8 Å². The molecule has 2 N–H and O–H groups in total. The molecule has 1 amide bonds. The van der Waals surface area contributed by atoms with E-state index < -0.39 is 15.7 Å². The summed E-state index contributed by atoms with van der Waals surface area (Å²) in [7, 11) is 0.205. The first-order valence-corrected chi connectivity index (χ1v) is 13.7. The third-order valence-electron chi connectivity index (χ3n) is 6.41. The second kappa shape index (κ2) is 11.8. The summed E-state index contributed by atoms with van der Waals surface area (Å²) in [5, 5.41) is 12.8. The molecule has 2 heterocycles. The zero-order chi connectivity index (χ0) is 27.4. The van der Waals surface area contributed by atoms with Crippen LogP contribution in [-0.2, 0) is 22.3 Å². The van der Waals surface area contributed by atoms with Crippen molar-refractivity contribution in [3.63, 3.8) is 0 Å². The van der Waals surface area contributed by atoms with Crippen LogP contribution in [0, 0.1) is 5.82 Å². The number of methoxy groups -OCH3 is 1. The van der Waals surface area contributed by atoms with E-state index in [1.807, 2.05) is 55.4 Å². The molecular weight excluding hydrogens is 505 g/mol. The van der Waals surface area contributed by atoms with Gasteiger partial charge >= 0.3 is 0 Å². The van der Waals surface area contributed by atoms with E-state index in [0.29, 0.717) is 31.8 Å². The van der Waals surface area contributed by atoms with Crippen molar-refractivity contribution < 1.29 is 23.2 Å². The van der Waals surface area contributed by atoms with Crippen LogP contribution in [0.5, 0.6) is 0 Å². The van der Waals surface area contributed by atoms with Crippen molar-refractivity contribution >= 4 is 16.9 Å². The van der Waals surface area contributed by atoms with Gasteiger partial charge in [-0.2, -0.15) is 0 Å². The SMILES string of the molecule is COCCNC(=O)c1cc2c(c(-c3cccc(-c4cccc(F)c4)c3)n1)[C@@H](CCO)N([S@](=O)C(C)(C)C)C2. The Kier molecular flexibility index (Phi) is 8.72. The molecule has 2 atom stereocenters. The molecule has 7 nitrogen and oxygen atoms in total. The molecule has 9 heteroatoms. The van der Waals surface area contributed by atoms with Crippen LogP contribution < -0.4 is 5.32 Å². The number of aliphatic hydroxyl groups is 1. The highest BCUT2D eigenvalue weighted by molar-refractivity contribution is 7.84. The molecule has 38 heavy (non-hydrogen) atoms. The zero-order valence-electron chi connectivity index (χ0n) is 22.2. The van der Waals surface area contributed by atoms with Crippen LogP contribution in [0.4, 0.5) is 4.39 Å². The molecule has 1 aliphatic heterocycles. The van der Waals surface area contributed by atoms with E-state index in [0.717, 1.165) is 27.8 Å². The van der Waals surface area contributed by atoms with Gasteiger partial charge in [-0.25, -0.2) is 17.9 Å². The number of rotatable bonds is 9. The predicted molar refractivity (Wildman–Crippen MR) is 147 cm³/mol. The Labute approximate surface area is 225 Å². The van der Waals surface area contributed by atoms with E-state index in [-0.39, 0.29) is 30.1 Å². The molecule has 1 aliphatic rings. The third kappa shape index (κ3) is 6.02. The van der Waals surface area contributed by atoms with Gasteiger partial charge in [0.2, 0.25) is 0 Å². The molecule has 0 bridgehead atoms. The number of aliphatic hydroxyl groups excluding tert-OH is 1. The minimum atomic E-state index is -1.36. The molecule has 1 aromatic heterocycles. The summed E-state index contributed by atoms with van der Waals surface area (Å²) in [6.07, 6.45) is 0.368. The number of hydrogen-bond acceptors (Lipinski definition) is 5. The second-order valence-electron chi connectivity index (χ2n) is 10.2. The van der Waals surface area contributed by atoms with Crippen molar-refractivity contribution in [2.75, 3.05) is 26.9 Å². The van der Waals surface area contributed by atoms with Gasteiger partial charge < -0.3 is 15.2 Å². The number of carbonyl (C=O) groups excluding carboxylic acids is 1. The highest BCUT2D eigenvalue weighted by Gasteiger charge is 2.40. The Bertz CT molecular complexity index is 1340. The van der Waals surface area contributed by atoms with Crippen LogP contribution >= 0.6 is 0 Å². The maximum atomic E-state index is 14.0. The Balaban J connectivity index is 1.86. The molecule has 3 aromatic rings. The van der Waals surface area contributed by atoms with E-state index in [4.69, 9.17) is 9.72 Å². The number of benzene rings is 2. The van der Waals surface area contributed by atoms with E-state index in [2.05, 4.69) is 5.32 Å². The average molecular weight is 540 g/mol. The number of fused-ring (bicyclic) bond motifs is 1. The van der Waals surface area contributed by atoms with Gasteiger partial charge in [0.05, 0.1) is 23.1 Å². The van der Waals surface area contributed by atoms with Gasteiger partial charge in [0.15, 0.2) is 0 Å². The third-order valence-corrected chi connectivity index (χ3v) is 8.27. The van der Waals surface area contributed by atoms with Crippen LogP contribution in [0.2, 0.25) is 0 Å². The first kappa shape index (κ1) is 28.0. The van der Waals surface area contributed by atoms with Gasteiger partial charge in [0, 0.05) is 37.9 Å². The summed E-state index contributed by atoms with van der Waals surface area (Å²) in [6.45, 7) is 6.72. The largest absolute Gasteiger partial charge is 0.396 e. The zero-order valence-corrected chi connectivity index (χ0v) is 23.0. The predicted octanol–water partition coefficient (Wildman–Crippen LogP) is 4.63. The molecule has 0 saturated heterocycles. The summed E-state index contributed by atoms with van der Waals surface area (Å²) in [5.74, 6) is -0.661. The van der Waals surface area contributed by atoms with Crippen molar-refractivity contribution in [3.05, 3.63) is 77.2 Å². The van der Waals surface area contributed by atoms with Crippen molar-refractivity contribution in [3.8, 4) is 22.4 Å². The van der Waals surface area contributed by atoms with Crippen LogP contribution in [0.15, 0.2) is 54.6 Å². The summed E-state index contributed by atoms with van der Waals surface area (Å²) in [4.78, 5) is 17.8. The molecule has 4 rings (SSSR count). The lowest BCUT2D eigenvalue weighted by Gasteiger charge is -2.30. The Morgan fingerprint density at radius 1 is 1.16 bits per heavy atom. The first-order valence-electron chi connectivity index (χ1n) is 12.6. The van der Waals surface area contributed by atoms with Gasteiger partial charge in [0.25, 0.3) is 5.91 Å².